The summed E-state index contributed by atoms with van der Waals surface area (Å²) < 4.78 is 14.3. The highest BCUT2D eigenvalue weighted by molar-refractivity contribution is 6.99. The number of hydrogen-bond acceptors (Lipinski definition) is 3. The lowest BCUT2D eigenvalue weighted by molar-refractivity contribution is 1.12. The Balaban J connectivity index is 0.829. The number of pyridine rings is 1. The van der Waals surface area contributed by atoms with Crippen LogP contribution in [0.15, 0.2) is 328 Å². The zero-order valence-corrected chi connectivity index (χ0v) is 59.3. The highest BCUT2D eigenvalue weighted by Crippen LogP contribution is 2.46. The quantitative estimate of drug-likeness (QED) is 0.142. The lowest BCUT2D eigenvalue weighted by Gasteiger charge is -2.20. The minimum atomic E-state index is -0.292. The molecule has 1 aliphatic heterocycles. The molecular weight excluding hydrogens is 1330 g/mol. The fraction of sp³-hybridized carbons (Fsp3) is 0.0202. The van der Waals surface area contributed by atoms with Crippen LogP contribution in [0.5, 0.6) is 0 Å². The molecule has 0 saturated carbocycles. The summed E-state index contributed by atoms with van der Waals surface area (Å²) in [7, 11) is 0. The van der Waals surface area contributed by atoms with Crippen LogP contribution in [0, 0.1) is 36.5 Å². The van der Waals surface area contributed by atoms with Gasteiger partial charge in [-0.15, -0.1) is 0 Å². The van der Waals surface area contributed by atoms with E-state index in [1.807, 2.05) is 12.3 Å². The molecule has 7 aromatic heterocycles. The van der Waals surface area contributed by atoms with E-state index in [2.05, 4.69) is 369 Å². The van der Waals surface area contributed by atoms with Crippen LogP contribution in [0.2, 0.25) is 0 Å². The summed E-state index contributed by atoms with van der Waals surface area (Å²) in [5, 5.41) is 37.8. The third-order valence-corrected chi connectivity index (χ3v) is 23.7. The Bertz CT molecular complexity index is 7280. The summed E-state index contributed by atoms with van der Waals surface area (Å²) in [5.41, 5.74) is 28.2. The first-order valence-corrected chi connectivity index (χ1v) is 37.1. The molecule has 9 nitrogen and oxygen atoms in total. The average Bonchev–Trinajstić information content (AvgIpc) is 1.58. The van der Waals surface area contributed by atoms with E-state index in [-0.39, 0.29) is 6.71 Å². The molecule has 0 aliphatic carbocycles. The third kappa shape index (κ3) is 8.51. The molecular formula is C99H60BN9. The van der Waals surface area contributed by atoms with Crippen LogP contribution in [0.3, 0.4) is 0 Å². The summed E-state index contributed by atoms with van der Waals surface area (Å²) in [6.45, 7) is 4.03. The van der Waals surface area contributed by atoms with Gasteiger partial charge in [-0.1, -0.05) is 204 Å². The van der Waals surface area contributed by atoms with E-state index in [1.165, 1.54) is 43.1 Å². The predicted octanol–water partition coefficient (Wildman–Crippen LogP) is 22.2. The minimum Gasteiger partial charge on any atom is -0.309 e. The van der Waals surface area contributed by atoms with Gasteiger partial charge in [-0.25, -0.2) is 0 Å². The Morgan fingerprint density at radius 3 is 0.881 bits per heavy atom. The number of nitriles is 2. The highest BCUT2D eigenvalue weighted by Gasteiger charge is 2.39. The normalized spacial score (nSPS) is 12.3. The molecule has 0 spiro atoms. The maximum atomic E-state index is 12.4. The van der Waals surface area contributed by atoms with Gasteiger partial charge >= 0.3 is 0 Å². The molecule has 0 bridgehead atoms. The van der Waals surface area contributed by atoms with Crippen molar-refractivity contribution in [3.05, 3.63) is 350 Å². The van der Waals surface area contributed by atoms with Gasteiger partial charge in [-0.3, -0.25) is 4.98 Å². The number of benzene rings is 15. The molecule has 0 fully saturated rings. The molecule has 10 heteroatoms. The van der Waals surface area contributed by atoms with Gasteiger partial charge in [0.2, 0.25) is 0 Å². The lowest BCUT2D eigenvalue weighted by Crippen LogP contribution is -2.53. The predicted molar refractivity (Wildman–Crippen MR) is 451 cm³/mol. The lowest BCUT2D eigenvalue weighted by atomic mass is 9.38. The van der Waals surface area contributed by atoms with Gasteiger partial charge in [0, 0.05) is 116 Å². The molecule has 1 aliphatic rings. The Labute approximate surface area is 625 Å². The summed E-state index contributed by atoms with van der Waals surface area (Å²) in [6, 6.07) is 122. The zero-order valence-electron chi connectivity index (χ0n) is 59.3. The van der Waals surface area contributed by atoms with Crippen molar-refractivity contribution in [2.75, 3.05) is 0 Å². The molecule has 15 aromatic carbocycles. The van der Waals surface area contributed by atoms with E-state index in [0.29, 0.717) is 27.8 Å². The molecule has 0 radical (unpaired) electrons. The Morgan fingerprint density at radius 1 is 0.266 bits per heavy atom. The topological polar surface area (TPSA) is 90.0 Å². The van der Waals surface area contributed by atoms with Gasteiger partial charge in [0.25, 0.3) is 6.71 Å². The van der Waals surface area contributed by atoms with E-state index >= 15 is 0 Å². The second-order valence-corrected chi connectivity index (χ2v) is 29.2. The first kappa shape index (κ1) is 60.7. The van der Waals surface area contributed by atoms with E-state index in [0.717, 1.165) is 155 Å². The molecule has 109 heavy (non-hydrogen) atoms. The molecule has 0 atom stereocenters. The van der Waals surface area contributed by atoms with Gasteiger partial charge < -0.3 is 27.4 Å². The van der Waals surface area contributed by atoms with Crippen LogP contribution in [-0.4, -0.2) is 39.1 Å². The van der Waals surface area contributed by atoms with Crippen LogP contribution < -0.4 is 16.5 Å². The number of hydrogen-bond donors (Lipinski definition) is 0. The van der Waals surface area contributed by atoms with E-state index in [4.69, 9.17) is 4.98 Å². The molecule has 0 unspecified atom stereocenters. The van der Waals surface area contributed by atoms with Crippen LogP contribution in [-0.2, 0) is 0 Å². The fourth-order valence-electron chi connectivity index (χ4n) is 19.2. The maximum Gasteiger partial charge on any atom is 0.268 e. The van der Waals surface area contributed by atoms with Gasteiger partial charge in [-0.05, 0) is 165 Å². The Morgan fingerprint density at radius 2 is 0.560 bits per heavy atom. The van der Waals surface area contributed by atoms with E-state index in [1.54, 1.807) is 0 Å². The molecule has 0 amide bonds. The first-order valence-electron chi connectivity index (χ1n) is 37.1. The van der Waals surface area contributed by atoms with Crippen molar-refractivity contribution in [3.63, 3.8) is 0 Å². The molecule has 8 heterocycles. The van der Waals surface area contributed by atoms with Crippen molar-refractivity contribution in [1.29, 1.82) is 10.5 Å². The molecule has 23 rings (SSSR count). The van der Waals surface area contributed by atoms with E-state index < -0.39 is 0 Å². The second kappa shape index (κ2) is 22.9. The number of rotatable bonds is 8. The standard InChI is InChI=1S/C99H60BN9/c1-59-21-19-31-77-78-32-20-22-60(2)98(78)100(97(59)77)99-62(57-102)49-63(58-103-99)96-61(56-101)50-68(108-91-45-41-64(104-83-33-11-3-23-69(83)70-24-4-12-34-84(70)104)51-79(91)80-52-65(42-46-92(80)108)105-85-35-13-5-25-71(85)72-26-6-14-36-86(72)105)55-95(96)109-93-47-43-66(106-87-37-15-7-27-73(87)74-28-8-16-38-88(74)106)53-81(93)82-54-67(44-48-94(82)109)107-89-39-17-9-29-75(89)76-30-10-18-40-90(76)107/h3-55,58H,1-2H3. The van der Waals surface area contributed by atoms with Crippen molar-refractivity contribution < 1.29 is 0 Å². The van der Waals surface area contributed by atoms with Crippen LogP contribution in [0.25, 0.3) is 187 Å². The Kier molecular flexibility index (Phi) is 12.7. The average molecular weight is 1390 g/mol. The van der Waals surface area contributed by atoms with Crippen molar-refractivity contribution in [2.24, 2.45) is 0 Å². The van der Waals surface area contributed by atoms with Crippen LogP contribution in [0.4, 0.5) is 0 Å². The van der Waals surface area contributed by atoms with Crippen molar-refractivity contribution in [2.45, 2.75) is 13.8 Å². The summed E-state index contributed by atoms with van der Waals surface area (Å²) >= 11 is 0. The maximum absolute atomic E-state index is 12.4. The molecule has 0 saturated heterocycles. The van der Waals surface area contributed by atoms with E-state index in [9.17, 15) is 10.5 Å². The zero-order chi connectivity index (χ0) is 72.0. The van der Waals surface area contributed by atoms with Crippen LogP contribution in [0.1, 0.15) is 22.3 Å². The molecule has 0 N–H and O–H groups in total. The first-order chi connectivity index (χ1) is 53.8. The summed E-state index contributed by atoms with van der Waals surface area (Å²) in [4.78, 5) is 5.52. The van der Waals surface area contributed by atoms with Crippen molar-refractivity contribution >= 4 is 154 Å². The number of fused-ring (bicyclic) bond motifs is 21. The van der Waals surface area contributed by atoms with Gasteiger partial charge in [0.1, 0.15) is 6.07 Å². The number of aromatic nitrogens is 7. The number of nitrogens with zero attached hydrogens (tertiary/aromatic N) is 9. The molecule has 22 aromatic rings. The Hall–Kier alpha value is -14.7. The smallest absolute Gasteiger partial charge is 0.268 e. The van der Waals surface area contributed by atoms with Gasteiger partial charge in [0.05, 0.1) is 89.1 Å². The van der Waals surface area contributed by atoms with Gasteiger partial charge in [-0.2, -0.15) is 10.5 Å². The highest BCUT2D eigenvalue weighted by atomic mass is 15.0. The summed E-state index contributed by atoms with van der Waals surface area (Å²) in [5.74, 6) is 0. The van der Waals surface area contributed by atoms with Crippen LogP contribution >= 0.6 is 0 Å². The van der Waals surface area contributed by atoms with Crippen molar-refractivity contribution in [1.82, 2.24) is 32.4 Å². The van der Waals surface area contributed by atoms with Crippen molar-refractivity contribution in [3.8, 4) is 68.5 Å². The number of para-hydroxylation sites is 8. The fourth-order valence-corrected chi connectivity index (χ4v) is 19.2. The largest absolute Gasteiger partial charge is 0.309 e. The third-order valence-electron chi connectivity index (χ3n) is 23.7. The van der Waals surface area contributed by atoms with Gasteiger partial charge in [0.15, 0.2) is 0 Å². The second-order valence-electron chi connectivity index (χ2n) is 29.2. The molecule has 504 valence electrons. The summed E-state index contributed by atoms with van der Waals surface area (Å²) in [6.07, 6.45) is 1.92. The number of aryl methyl sites for hydroxylation is 2. The minimum absolute atomic E-state index is 0.292. The SMILES string of the molecule is Cc1cccc2c1B(c1ncc(-c3c(C#N)cc(-n4c5ccc(-n6c7ccccc7c7ccccc76)cc5c5cc(-n6c7ccccc7c7ccccc76)ccc54)cc3-n3c4ccc(-n5c6ccccc6c6ccccc65)cc4c4cc(-n5c6ccccc6c6ccccc65)ccc43)cc1C#N)c1c(C)cccc1-2. The monoisotopic (exact) mass is 1390 g/mol.